The molecule has 1 unspecified atom stereocenters. The maximum absolute atomic E-state index is 11.0. The van der Waals surface area contributed by atoms with Gasteiger partial charge in [-0.05, 0) is 18.8 Å². The molecule has 0 aliphatic carbocycles. The molecule has 0 rings (SSSR count). The molecule has 19 heavy (non-hydrogen) atoms. The number of carboxylic acid groups (broad SMARTS) is 1. The van der Waals surface area contributed by atoms with Crippen molar-refractivity contribution >= 4 is 5.97 Å². The molecule has 0 aromatic rings. The largest absolute Gasteiger partial charge is 1.00 e. The zero-order valence-electron chi connectivity index (χ0n) is 13.4. The van der Waals surface area contributed by atoms with Crippen LogP contribution in [0.2, 0.25) is 0 Å². The number of hydrogen-bond donors (Lipinski definition) is 0. The molecule has 0 aliphatic heterocycles. The van der Waals surface area contributed by atoms with Gasteiger partial charge in [-0.3, -0.25) is 0 Å². The second-order valence-corrected chi connectivity index (χ2v) is 5.42. The third kappa shape index (κ3) is 15.3. The molecule has 108 valence electrons. The number of carbonyl (C=O) groups is 1. The third-order valence-electron chi connectivity index (χ3n) is 3.65. The van der Waals surface area contributed by atoms with Crippen LogP contribution in [0.3, 0.4) is 0 Å². The van der Waals surface area contributed by atoms with E-state index in [2.05, 4.69) is 13.8 Å². The smallest absolute Gasteiger partial charge is 0.550 e. The van der Waals surface area contributed by atoms with Crippen LogP contribution < -0.4 is 56.5 Å². The molecule has 0 saturated carbocycles. The predicted octanol–water partition coefficient (Wildman–Crippen LogP) is 1.08. The Morgan fingerprint density at radius 2 is 1.16 bits per heavy atom. The molecule has 0 N–H and O–H groups in total. The third-order valence-corrected chi connectivity index (χ3v) is 3.65. The second-order valence-electron chi connectivity index (χ2n) is 5.42. The van der Waals surface area contributed by atoms with Crippen molar-refractivity contribution in [2.24, 2.45) is 5.92 Å². The van der Waals surface area contributed by atoms with E-state index in [1.165, 1.54) is 44.9 Å². The molecule has 0 aliphatic rings. The minimum atomic E-state index is -0.833. The standard InChI is InChI=1S/C16H32O2.K/c1-3-5-7-9-10-12-14-15(16(17)18)13-11-8-6-4-2;/h15H,3-14H2,1-2H3,(H,17,18);/q;+1/p-1. The SMILES string of the molecule is CCCCCCCCC(CCCCCC)C(=O)[O-].[K+]. The molecule has 0 saturated heterocycles. The number of hydrogen-bond acceptors (Lipinski definition) is 2. The Balaban J connectivity index is 0. The summed E-state index contributed by atoms with van der Waals surface area (Å²) in [4.78, 5) is 11.0. The topological polar surface area (TPSA) is 40.1 Å². The number of carbonyl (C=O) groups excluding carboxylic acids is 1. The van der Waals surface area contributed by atoms with Gasteiger partial charge in [-0.2, -0.15) is 0 Å². The second kappa shape index (κ2) is 17.2. The van der Waals surface area contributed by atoms with Crippen molar-refractivity contribution in [2.45, 2.75) is 90.9 Å². The van der Waals surface area contributed by atoms with Crippen molar-refractivity contribution in [2.75, 3.05) is 0 Å². The van der Waals surface area contributed by atoms with Gasteiger partial charge in [0.25, 0.3) is 0 Å². The van der Waals surface area contributed by atoms with E-state index >= 15 is 0 Å². The summed E-state index contributed by atoms with van der Waals surface area (Å²) in [6.07, 6.45) is 13.6. The van der Waals surface area contributed by atoms with Gasteiger partial charge in [-0.15, -0.1) is 0 Å². The number of aliphatic carboxylic acids is 1. The molecule has 1 atom stereocenters. The summed E-state index contributed by atoms with van der Waals surface area (Å²) in [6.45, 7) is 4.38. The summed E-state index contributed by atoms with van der Waals surface area (Å²) in [5.41, 5.74) is 0. The van der Waals surface area contributed by atoms with Crippen molar-refractivity contribution in [3.05, 3.63) is 0 Å². The van der Waals surface area contributed by atoms with Crippen LogP contribution in [-0.4, -0.2) is 5.97 Å². The Bertz CT molecular complexity index is 195. The minimum Gasteiger partial charge on any atom is -0.550 e. The average molecular weight is 295 g/mol. The van der Waals surface area contributed by atoms with Crippen molar-refractivity contribution in [3.63, 3.8) is 0 Å². The van der Waals surface area contributed by atoms with Crippen LogP contribution >= 0.6 is 0 Å². The Morgan fingerprint density at radius 1 is 0.789 bits per heavy atom. The van der Waals surface area contributed by atoms with Crippen molar-refractivity contribution in [1.29, 1.82) is 0 Å². The Morgan fingerprint density at radius 3 is 1.58 bits per heavy atom. The van der Waals surface area contributed by atoms with Crippen LogP contribution in [0.25, 0.3) is 0 Å². The first kappa shape index (κ1) is 22.4. The van der Waals surface area contributed by atoms with Crippen LogP contribution in [-0.2, 0) is 4.79 Å². The molecular formula is C16H31KO2. The van der Waals surface area contributed by atoms with Gasteiger partial charge in [0, 0.05) is 5.97 Å². The molecule has 0 amide bonds. The Hall–Kier alpha value is 1.11. The molecule has 0 heterocycles. The first-order valence-corrected chi connectivity index (χ1v) is 7.93. The summed E-state index contributed by atoms with van der Waals surface area (Å²) < 4.78 is 0. The molecule has 0 radical (unpaired) electrons. The van der Waals surface area contributed by atoms with Crippen molar-refractivity contribution < 1.29 is 61.3 Å². The Kier molecular flexibility index (Phi) is 20.2. The van der Waals surface area contributed by atoms with Gasteiger partial charge in [-0.1, -0.05) is 78.1 Å². The van der Waals surface area contributed by atoms with E-state index in [4.69, 9.17) is 0 Å². The molecule has 0 bridgehead atoms. The quantitative estimate of drug-likeness (QED) is 0.377. The summed E-state index contributed by atoms with van der Waals surface area (Å²) in [5.74, 6) is -1.03. The molecule has 3 heteroatoms. The summed E-state index contributed by atoms with van der Waals surface area (Å²) in [6, 6.07) is 0. The predicted molar refractivity (Wildman–Crippen MR) is 75.2 cm³/mol. The molecule has 2 nitrogen and oxygen atoms in total. The Labute approximate surface area is 162 Å². The van der Waals surface area contributed by atoms with Gasteiger partial charge in [0.05, 0.1) is 0 Å². The van der Waals surface area contributed by atoms with Crippen LogP contribution in [0.15, 0.2) is 0 Å². The van der Waals surface area contributed by atoms with Gasteiger partial charge < -0.3 is 9.90 Å². The zero-order valence-corrected chi connectivity index (χ0v) is 16.5. The first-order valence-electron chi connectivity index (χ1n) is 7.93. The fraction of sp³-hybridized carbons (Fsp3) is 0.938. The van der Waals surface area contributed by atoms with E-state index in [-0.39, 0.29) is 57.3 Å². The zero-order chi connectivity index (χ0) is 13.6. The fourth-order valence-corrected chi connectivity index (χ4v) is 2.37. The van der Waals surface area contributed by atoms with Crippen molar-refractivity contribution in [1.82, 2.24) is 0 Å². The van der Waals surface area contributed by atoms with Crippen LogP contribution in [0.4, 0.5) is 0 Å². The molecular weight excluding hydrogens is 263 g/mol. The van der Waals surface area contributed by atoms with Gasteiger partial charge in [0.15, 0.2) is 0 Å². The summed E-state index contributed by atoms with van der Waals surface area (Å²) in [7, 11) is 0. The van der Waals surface area contributed by atoms with E-state index < -0.39 is 5.97 Å². The van der Waals surface area contributed by atoms with Crippen molar-refractivity contribution in [3.8, 4) is 0 Å². The maximum atomic E-state index is 11.0. The van der Waals surface area contributed by atoms with E-state index in [9.17, 15) is 9.90 Å². The van der Waals surface area contributed by atoms with Gasteiger partial charge >= 0.3 is 51.4 Å². The van der Waals surface area contributed by atoms with E-state index in [1.54, 1.807) is 0 Å². The summed E-state index contributed by atoms with van der Waals surface area (Å²) in [5, 5.41) is 11.0. The number of rotatable bonds is 13. The molecule has 0 fully saturated rings. The van der Waals surface area contributed by atoms with Gasteiger partial charge in [-0.25, -0.2) is 0 Å². The first-order chi connectivity index (χ1) is 8.72. The van der Waals surface area contributed by atoms with E-state index in [1.807, 2.05) is 0 Å². The minimum absolute atomic E-state index is 0. The van der Waals surface area contributed by atoms with Crippen LogP contribution in [0.5, 0.6) is 0 Å². The van der Waals surface area contributed by atoms with Crippen LogP contribution in [0.1, 0.15) is 90.9 Å². The molecule has 0 aromatic carbocycles. The summed E-state index contributed by atoms with van der Waals surface area (Å²) >= 11 is 0. The fourth-order valence-electron chi connectivity index (χ4n) is 2.37. The van der Waals surface area contributed by atoms with Gasteiger partial charge in [0.1, 0.15) is 0 Å². The normalized spacial score (nSPS) is 11.9. The monoisotopic (exact) mass is 294 g/mol. The van der Waals surface area contributed by atoms with Crippen LogP contribution in [0, 0.1) is 5.92 Å². The average Bonchev–Trinajstić information content (AvgIpc) is 2.35. The maximum Gasteiger partial charge on any atom is 1.00 e. The molecule has 0 aromatic heterocycles. The number of carboxylic acids is 1. The number of unbranched alkanes of at least 4 members (excludes halogenated alkanes) is 8. The van der Waals surface area contributed by atoms with E-state index in [0.29, 0.717) is 0 Å². The van der Waals surface area contributed by atoms with Gasteiger partial charge in [0.2, 0.25) is 0 Å². The van der Waals surface area contributed by atoms with E-state index in [0.717, 1.165) is 32.1 Å². The molecule has 0 spiro atoms.